The van der Waals surface area contributed by atoms with E-state index in [2.05, 4.69) is 58.7 Å². The van der Waals surface area contributed by atoms with Crippen LogP contribution in [0.2, 0.25) is 0 Å². The molecular formula is C27H39N5O2. The molecular weight excluding hydrogens is 426 g/mol. The molecule has 1 unspecified atom stereocenters. The molecule has 0 amide bonds. The lowest BCUT2D eigenvalue weighted by Crippen LogP contribution is -2.47. The summed E-state index contributed by atoms with van der Waals surface area (Å²) in [5.74, 6) is 9.00. The van der Waals surface area contributed by atoms with Crippen molar-refractivity contribution in [3.63, 3.8) is 0 Å². The number of hydrogen-bond acceptors (Lipinski definition) is 6. The summed E-state index contributed by atoms with van der Waals surface area (Å²) < 4.78 is 11.5. The molecule has 7 nitrogen and oxygen atoms in total. The van der Waals surface area contributed by atoms with E-state index in [4.69, 9.17) is 20.3 Å². The van der Waals surface area contributed by atoms with Crippen LogP contribution in [0.5, 0.6) is 11.5 Å². The zero-order valence-electron chi connectivity index (χ0n) is 20.7. The summed E-state index contributed by atoms with van der Waals surface area (Å²) >= 11 is 0. The van der Waals surface area contributed by atoms with Gasteiger partial charge in [-0.15, -0.1) is 0 Å². The number of likely N-dealkylation sites (tertiary alicyclic amines) is 2. The smallest absolute Gasteiger partial charge is 0.165 e. The van der Waals surface area contributed by atoms with Crippen molar-refractivity contribution in [2.45, 2.75) is 43.7 Å². The normalized spacial score (nSPS) is 20.2. The highest BCUT2D eigenvalue weighted by Crippen LogP contribution is 2.40. The number of rotatable bonds is 7. The second-order valence-corrected chi connectivity index (χ2v) is 9.40. The number of hydrogen-bond donors (Lipinski definition) is 2. The Hall–Kier alpha value is -2.61. The monoisotopic (exact) mass is 465 g/mol. The number of para-hydroxylation sites is 1. The first-order chi connectivity index (χ1) is 16.6. The van der Waals surface area contributed by atoms with Crippen LogP contribution >= 0.6 is 0 Å². The average Bonchev–Trinajstić information content (AvgIpc) is 2.90. The van der Waals surface area contributed by atoms with Gasteiger partial charge in [-0.05, 0) is 76.5 Å². The Morgan fingerprint density at radius 3 is 2.26 bits per heavy atom. The maximum absolute atomic E-state index is 6.15. The lowest BCUT2D eigenvalue weighted by atomic mass is 9.88. The van der Waals surface area contributed by atoms with Crippen LogP contribution in [0, 0.1) is 0 Å². The van der Waals surface area contributed by atoms with E-state index in [9.17, 15) is 0 Å². The summed E-state index contributed by atoms with van der Waals surface area (Å²) in [7, 11) is 5.54. The van der Waals surface area contributed by atoms with E-state index in [1.165, 1.54) is 5.56 Å². The van der Waals surface area contributed by atoms with Crippen LogP contribution in [0.4, 0.5) is 0 Å². The molecule has 2 saturated heterocycles. The minimum atomic E-state index is -0.119. The van der Waals surface area contributed by atoms with Gasteiger partial charge in [0, 0.05) is 5.56 Å². The molecule has 0 saturated carbocycles. The number of piperidine rings is 2. The molecule has 2 heterocycles. The quantitative estimate of drug-likeness (QED) is 0.282. The van der Waals surface area contributed by atoms with E-state index >= 15 is 0 Å². The molecule has 2 aromatic carbocycles. The fourth-order valence-electron chi connectivity index (χ4n) is 5.37. The first kappa shape index (κ1) is 24.5. The van der Waals surface area contributed by atoms with E-state index in [-0.39, 0.29) is 12.1 Å². The number of benzene rings is 2. The van der Waals surface area contributed by atoms with Gasteiger partial charge in [0.15, 0.2) is 11.5 Å². The minimum absolute atomic E-state index is 0.119. The van der Waals surface area contributed by atoms with Crippen LogP contribution in [0.15, 0.2) is 53.5 Å². The predicted octanol–water partition coefficient (Wildman–Crippen LogP) is 3.58. The molecule has 0 aromatic heterocycles. The van der Waals surface area contributed by atoms with Crippen molar-refractivity contribution >= 4 is 5.84 Å². The van der Waals surface area contributed by atoms with Crippen LogP contribution in [-0.4, -0.2) is 69.1 Å². The maximum atomic E-state index is 6.15. The van der Waals surface area contributed by atoms with Gasteiger partial charge in [0.1, 0.15) is 5.84 Å². The molecule has 7 heteroatoms. The van der Waals surface area contributed by atoms with E-state index < -0.39 is 0 Å². The molecule has 0 spiro atoms. The summed E-state index contributed by atoms with van der Waals surface area (Å²) in [6.45, 7) is 4.03. The van der Waals surface area contributed by atoms with Gasteiger partial charge < -0.3 is 19.8 Å². The van der Waals surface area contributed by atoms with Crippen molar-refractivity contribution in [2.75, 3.05) is 47.4 Å². The van der Waals surface area contributed by atoms with Crippen molar-refractivity contribution in [1.82, 2.24) is 15.2 Å². The minimum Gasteiger partial charge on any atom is -0.493 e. The predicted molar refractivity (Wildman–Crippen MR) is 138 cm³/mol. The van der Waals surface area contributed by atoms with Gasteiger partial charge >= 0.3 is 0 Å². The number of hydrazine groups is 1. The highest BCUT2D eigenvalue weighted by atomic mass is 16.5. The van der Waals surface area contributed by atoms with Crippen molar-refractivity contribution in [2.24, 2.45) is 10.8 Å². The molecule has 4 rings (SSSR count). The van der Waals surface area contributed by atoms with E-state index in [0.717, 1.165) is 74.8 Å². The summed E-state index contributed by atoms with van der Waals surface area (Å²) in [6, 6.07) is 17.1. The van der Waals surface area contributed by atoms with Crippen molar-refractivity contribution in [3.8, 4) is 11.5 Å². The average molecular weight is 466 g/mol. The van der Waals surface area contributed by atoms with Gasteiger partial charge in [-0.3, -0.25) is 9.89 Å². The molecule has 2 aliphatic heterocycles. The van der Waals surface area contributed by atoms with Crippen molar-refractivity contribution in [3.05, 3.63) is 59.7 Å². The number of methoxy groups -OCH3 is 2. The molecule has 0 radical (unpaired) electrons. The first-order valence-electron chi connectivity index (χ1n) is 12.4. The standard InChI is InChI=1S/C27H39N5O2/c1-31-16-14-22(15-17-31)29-27(30-28)25(23-10-7-11-24(33-2)26(23)34-3)32-18-12-21(13-19-32)20-8-5-4-6-9-20/h4-11,21-22,25H,12-19,28H2,1-3H3,(H,29,30). The molecule has 184 valence electrons. The van der Waals surface area contributed by atoms with E-state index in [0.29, 0.717) is 5.92 Å². The zero-order valence-corrected chi connectivity index (χ0v) is 20.7. The van der Waals surface area contributed by atoms with Gasteiger partial charge in [0.05, 0.1) is 26.3 Å². The topological polar surface area (TPSA) is 75.3 Å². The highest BCUT2D eigenvalue weighted by Gasteiger charge is 2.33. The molecule has 34 heavy (non-hydrogen) atoms. The lowest BCUT2D eigenvalue weighted by Gasteiger charge is -2.39. The summed E-state index contributed by atoms with van der Waals surface area (Å²) in [5, 5.41) is 0. The summed E-state index contributed by atoms with van der Waals surface area (Å²) in [6.07, 6.45) is 4.27. The van der Waals surface area contributed by atoms with E-state index in [1.807, 2.05) is 12.1 Å². The molecule has 3 N–H and O–H groups in total. The molecule has 2 aliphatic rings. The fourth-order valence-corrected chi connectivity index (χ4v) is 5.37. The third-order valence-corrected chi connectivity index (χ3v) is 7.31. The number of nitrogens with one attached hydrogen (secondary N) is 1. The van der Waals surface area contributed by atoms with Crippen LogP contribution in [0.25, 0.3) is 0 Å². The van der Waals surface area contributed by atoms with Gasteiger partial charge in [0.25, 0.3) is 0 Å². The molecule has 1 atom stereocenters. The Bertz CT molecular complexity index is 935. The largest absolute Gasteiger partial charge is 0.493 e. The van der Waals surface area contributed by atoms with Gasteiger partial charge in [-0.25, -0.2) is 5.84 Å². The Kier molecular flexibility index (Phi) is 8.43. The Morgan fingerprint density at radius 2 is 1.65 bits per heavy atom. The molecule has 2 fully saturated rings. The number of nitrogens with zero attached hydrogens (tertiary/aromatic N) is 3. The third kappa shape index (κ3) is 5.54. The molecule has 0 bridgehead atoms. The van der Waals surface area contributed by atoms with Crippen LogP contribution in [-0.2, 0) is 0 Å². The van der Waals surface area contributed by atoms with Gasteiger partial charge in [-0.1, -0.05) is 42.5 Å². The molecule has 0 aliphatic carbocycles. The highest BCUT2D eigenvalue weighted by molar-refractivity contribution is 5.89. The second-order valence-electron chi connectivity index (χ2n) is 9.40. The number of nitrogens with two attached hydrogens (primary N) is 1. The first-order valence-corrected chi connectivity index (χ1v) is 12.4. The number of aliphatic imine (C=N–C) groups is 1. The van der Waals surface area contributed by atoms with Crippen LogP contribution in [0.3, 0.4) is 0 Å². The van der Waals surface area contributed by atoms with E-state index in [1.54, 1.807) is 14.2 Å². The Labute approximate surface area is 203 Å². The van der Waals surface area contributed by atoms with Gasteiger partial charge in [-0.2, -0.15) is 0 Å². The third-order valence-electron chi connectivity index (χ3n) is 7.31. The Balaban J connectivity index is 1.65. The second kappa shape index (κ2) is 11.7. The Morgan fingerprint density at radius 1 is 0.941 bits per heavy atom. The zero-order chi connectivity index (χ0) is 23.9. The summed E-state index contributed by atoms with van der Waals surface area (Å²) in [5.41, 5.74) is 5.44. The fraction of sp³-hybridized carbons (Fsp3) is 0.519. The maximum Gasteiger partial charge on any atom is 0.165 e. The summed E-state index contributed by atoms with van der Waals surface area (Å²) in [4.78, 5) is 10.0. The SMILES string of the molecule is COc1cccc(C(C(=NC2CCN(C)CC2)NN)N2CCC(c3ccccc3)CC2)c1OC. The number of ether oxygens (including phenoxy) is 2. The lowest BCUT2D eigenvalue weighted by molar-refractivity contribution is 0.182. The van der Waals surface area contributed by atoms with Crippen molar-refractivity contribution in [1.29, 1.82) is 0 Å². The molecule has 2 aromatic rings. The van der Waals surface area contributed by atoms with Crippen LogP contribution < -0.4 is 20.7 Å². The van der Waals surface area contributed by atoms with Gasteiger partial charge in [0.2, 0.25) is 0 Å². The van der Waals surface area contributed by atoms with Crippen molar-refractivity contribution < 1.29 is 9.47 Å². The number of amidine groups is 1. The van der Waals surface area contributed by atoms with Crippen LogP contribution in [0.1, 0.15) is 48.8 Å².